The van der Waals surface area contributed by atoms with E-state index in [1.807, 2.05) is 0 Å². The largest absolute Gasteiger partial charge is 0.465 e. The van der Waals surface area contributed by atoms with Crippen molar-refractivity contribution in [2.24, 2.45) is 0 Å². The summed E-state index contributed by atoms with van der Waals surface area (Å²) >= 11 is 4.17. The Kier molecular flexibility index (Phi) is 4.27. The first kappa shape index (κ1) is 15.9. The fourth-order valence-electron chi connectivity index (χ4n) is 1.87. The maximum absolute atomic E-state index is 12.4. The van der Waals surface area contributed by atoms with E-state index < -0.39 is 21.6 Å². The summed E-state index contributed by atoms with van der Waals surface area (Å²) in [7, 11) is -2.47. The number of carbonyl (C=O) groups excluding carboxylic acids is 1. The molecule has 20 heavy (non-hydrogen) atoms. The van der Waals surface area contributed by atoms with Crippen LogP contribution in [0.1, 0.15) is 23.0 Å². The third kappa shape index (κ3) is 2.64. The molecule has 1 aromatic heterocycles. The molecule has 1 aliphatic heterocycles. The topological polar surface area (TPSA) is 83.9 Å². The van der Waals surface area contributed by atoms with Crippen LogP contribution in [0.5, 0.6) is 0 Å². The third-order valence-corrected chi connectivity index (χ3v) is 7.28. The molecule has 1 N–H and O–H groups in total. The number of β-amino-alcohol motifs (C(OH)–C–C–N with tert-alkyl or cyclic N) is 1. The van der Waals surface area contributed by atoms with E-state index in [0.717, 1.165) is 11.3 Å². The molecule has 0 saturated carbocycles. The molecule has 2 rings (SSSR count). The van der Waals surface area contributed by atoms with E-state index in [-0.39, 0.29) is 22.9 Å². The maximum atomic E-state index is 12.4. The first-order valence-electron chi connectivity index (χ1n) is 5.83. The van der Waals surface area contributed by atoms with Gasteiger partial charge in [-0.2, -0.15) is 4.31 Å². The van der Waals surface area contributed by atoms with Crippen LogP contribution in [0.2, 0.25) is 0 Å². The van der Waals surface area contributed by atoms with E-state index in [2.05, 4.69) is 20.7 Å². The molecule has 0 aromatic carbocycles. The molecule has 0 atom stereocenters. The van der Waals surface area contributed by atoms with E-state index in [9.17, 15) is 18.3 Å². The number of nitrogens with zero attached hydrogens (tertiary/aromatic N) is 1. The normalized spacial score (nSPS) is 18.6. The van der Waals surface area contributed by atoms with Crippen LogP contribution in [-0.2, 0) is 14.8 Å². The lowest BCUT2D eigenvalue weighted by Crippen LogP contribution is -2.62. The lowest BCUT2D eigenvalue weighted by Gasteiger charge is -2.44. The van der Waals surface area contributed by atoms with Crippen LogP contribution in [0, 0.1) is 0 Å². The van der Waals surface area contributed by atoms with Crippen molar-refractivity contribution in [2.75, 3.05) is 20.2 Å². The zero-order chi connectivity index (χ0) is 15.1. The fraction of sp³-hybridized carbons (Fsp3) is 0.545. The molecule has 0 aliphatic carbocycles. The summed E-state index contributed by atoms with van der Waals surface area (Å²) in [6, 6.07) is 1.29. The molecule has 0 bridgehead atoms. The lowest BCUT2D eigenvalue weighted by molar-refractivity contribution is -0.0613. The molecule has 1 aromatic rings. The van der Waals surface area contributed by atoms with Crippen molar-refractivity contribution >= 4 is 43.3 Å². The molecular weight excluding hydrogens is 370 g/mol. The Bertz CT molecular complexity index is 633. The van der Waals surface area contributed by atoms with E-state index in [1.54, 1.807) is 6.92 Å². The van der Waals surface area contributed by atoms with Crippen molar-refractivity contribution in [3.05, 3.63) is 14.7 Å². The smallest absolute Gasteiger partial charge is 0.348 e. The SMILES string of the molecule is CCC1(O)CN(S(=O)(=O)c2cc(C(=O)OC)sc2Br)C1. The first-order valence-corrected chi connectivity index (χ1v) is 8.88. The van der Waals surface area contributed by atoms with E-state index in [0.29, 0.717) is 10.2 Å². The van der Waals surface area contributed by atoms with Crippen molar-refractivity contribution in [3.63, 3.8) is 0 Å². The molecule has 0 amide bonds. The Morgan fingerprint density at radius 3 is 2.70 bits per heavy atom. The second kappa shape index (κ2) is 5.38. The molecule has 0 spiro atoms. The minimum absolute atomic E-state index is 0.0288. The summed E-state index contributed by atoms with van der Waals surface area (Å²) in [5, 5.41) is 9.91. The van der Waals surface area contributed by atoms with Gasteiger partial charge in [0.2, 0.25) is 10.0 Å². The van der Waals surface area contributed by atoms with E-state index in [4.69, 9.17) is 0 Å². The molecule has 1 aliphatic rings. The minimum Gasteiger partial charge on any atom is -0.465 e. The molecule has 0 unspecified atom stereocenters. The molecule has 6 nitrogen and oxygen atoms in total. The molecule has 2 heterocycles. The van der Waals surface area contributed by atoms with Gasteiger partial charge in [-0.15, -0.1) is 11.3 Å². The third-order valence-electron chi connectivity index (χ3n) is 3.26. The monoisotopic (exact) mass is 383 g/mol. The van der Waals surface area contributed by atoms with Crippen LogP contribution in [-0.4, -0.2) is 49.6 Å². The number of sulfonamides is 1. The van der Waals surface area contributed by atoms with E-state index >= 15 is 0 Å². The van der Waals surface area contributed by atoms with Crippen LogP contribution < -0.4 is 0 Å². The highest BCUT2D eigenvalue weighted by molar-refractivity contribution is 9.11. The number of carbonyl (C=O) groups is 1. The van der Waals surface area contributed by atoms with Gasteiger partial charge in [0.25, 0.3) is 0 Å². The number of ether oxygens (including phenoxy) is 1. The number of rotatable bonds is 4. The van der Waals surface area contributed by atoms with Gasteiger partial charge in [-0.3, -0.25) is 0 Å². The highest BCUT2D eigenvalue weighted by Gasteiger charge is 2.46. The Labute approximate surface area is 129 Å². The highest BCUT2D eigenvalue weighted by Crippen LogP contribution is 2.37. The summed E-state index contributed by atoms with van der Waals surface area (Å²) in [6.07, 6.45) is 0.497. The number of esters is 1. The van der Waals surface area contributed by atoms with Crippen molar-refractivity contribution in [3.8, 4) is 0 Å². The Hall–Kier alpha value is -0.480. The number of hydrogen-bond donors (Lipinski definition) is 1. The number of thiophene rings is 1. The molecule has 1 fully saturated rings. The summed E-state index contributed by atoms with van der Waals surface area (Å²) in [6.45, 7) is 1.95. The van der Waals surface area contributed by atoms with Crippen molar-refractivity contribution in [1.29, 1.82) is 0 Å². The van der Waals surface area contributed by atoms with Gasteiger partial charge in [0.05, 0.1) is 16.5 Å². The standard InChI is InChI=1S/C11H14BrNO5S2/c1-3-11(15)5-13(6-11)20(16,17)8-4-7(10(14)18-2)19-9(8)12/h4,15H,3,5-6H2,1-2H3. The average molecular weight is 384 g/mol. The van der Waals surface area contributed by atoms with Crippen molar-refractivity contribution in [1.82, 2.24) is 4.31 Å². The average Bonchev–Trinajstić information content (AvgIpc) is 2.76. The van der Waals surface area contributed by atoms with E-state index in [1.165, 1.54) is 17.5 Å². The van der Waals surface area contributed by atoms with Crippen LogP contribution in [0.15, 0.2) is 14.7 Å². The molecule has 1 saturated heterocycles. The minimum atomic E-state index is -3.71. The summed E-state index contributed by atoms with van der Waals surface area (Å²) in [5.74, 6) is -0.578. The maximum Gasteiger partial charge on any atom is 0.348 e. The number of methoxy groups -OCH3 is 1. The van der Waals surface area contributed by atoms with Crippen LogP contribution in [0.4, 0.5) is 0 Å². The predicted octanol–water partition coefficient (Wildman–Crippen LogP) is 1.44. The number of halogens is 1. The zero-order valence-corrected chi connectivity index (χ0v) is 14.1. The van der Waals surface area contributed by atoms with Crippen LogP contribution >= 0.6 is 27.3 Å². The quantitative estimate of drug-likeness (QED) is 0.795. The first-order chi connectivity index (χ1) is 9.23. The molecule has 0 radical (unpaired) electrons. The van der Waals surface area contributed by atoms with Gasteiger partial charge < -0.3 is 9.84 Å². The van der Waals surface area contributed by atoms with Gasteiger partial charge in [0.1, 0.15) is 9.77 Å². The molecule has 112 valence electrons. The van der Waals surface area contributed by atoms with Gasteiger partial charge in [-0.25, -0.2) is 13.2 Å². The van der Waals surface area contributed by atoms with Crippen LogP contribution in [0.3, 0.4) is 0 Å². The predicted molar refractivity (Wildman–Crippen MR) is 77.4 cm³/mol. The summed E-state index contributed by atoms with van der Waals surface area (Å²) < 4.78 is 30.9. The van der Waals surface area contributed by atoms with Gasteiger partial charge in [-0.05, 0) is 28.4 Å². The fourth-order valence-corrected chi connectivity index (χ4v) is 5.90. The zero-order valence-electron chi connectivity index (χ0n) is 10.9. The van der Waals surface area contributed by atoms with Gasteiger partial charge in [-0.1, -0.05) is 6.92 Å². The summed E-state index contributed by atoms with van der Waals surface area (Å²) in [4.78, 5) is 11.7. The Morgan fingerprint density at radius 1 is 1.60 bits per heavy atom. The number of aliphatic hydroxyl groups is 1. The second-order valence-electron chi connectivity index (χ2n) is 4.59. The Morgan fingerprint density at radius 2 is 2.20 bits per heavy atom. The molecular formula is C11H14BrNO5S2. The Balaban J connectivity index is 2.28. The van der Waals surface area contributed by atoms with Crippen molar-refractivity contribution < 1.29 is 23.1 Å². The van der Waals surface area contributed by atoms with Crippen molar-refractivity contribution in [2.45, 2.75) is 23.8 Å². The summed E-state index contributed by atoms with van der Waals surface area (Å²) in [5.41, 5.74) is -0.944. The van der Waals surface area contributed by atoms with Gasteiger partial charge in [0.15, 0.2) is 0 Å². The second-order valence-corrected chi connectivity index (χ2v) is 8.87. The molecule has 9 heteroatoms. The highest BCUT2D eigenvalue weighted by atomic mass is 79.9. The van der Waals surface area contributed by atoms with Crippen LogP contribution in [0.25, 0.3) is 0 Å². The number of hydrogen-bond acceptors (Lipinski definition) is 6. The lowest BCUT2D eigenvalue weighted by atomic mass is 9.94. The van der Waals surface area contributed by atoms with Gasteiger partial charge >= 0.3 is 5.97 Å². The van der Waals surface area contributed by atoms with Gasteiger partial charge in [0, 0.05) is 13.1 Å².